The Morgan fingerprint density at radius 3 is 2.68 bits per heavy atom. The van der Waals surface area contributed by atoms with E-state index in [1.54, 1.807) is 13.3 Å². The molecule has 0 saturated carbocycles. The molecule has 0 aliphatic rings. The summed E-state index contributed by atoms with van der Waals surface area (Å²) >= 11 is 0. The number of amides is 1. The van der Waals surface area contributed by atoms with Crippen LogP contribution in [0, 0.1) is 20.8 Å². The van der Waals surface area contributed by atoms with Crippen molar-refractivity contribution in [3.05, 3.63) is 52.3 Å². The molecule has 1 N–H and O–H groups in total. The Hall–Kier alpha value is -2.60. The van der Waals surface area contributed by atoms with Crippen LogP contribution in [0.15, 0.2) is 29.4 Å². The summed E-state index contributed by atoms with van der Waals surface area (Å²) in [7, 11) is 1.69. The van der Waals surface area contributed by atoms with Crippen LogP contribution in [0.3, 0.4) is 0 Å². The molecule has 6 nitrogen and oxygen atoms in total. The van der Waals surface area contributed by atoms with Gasteiger partial charge < -0.3 is 14.0 Å². The van der Waals surface area contributed by atoms with Crippen molar-refractivity contribution in [1.29, 1.82) is 0 Å². The first kappa shape index (κ1) is 21.7. The molecular weight excluding hydrogens is 354 g/mol. The number of methoxy groups -OCH3 is 1. The molecule has 0 saturated heterocycles. The molecule has 0 fully saturated rings. The van der Waals surface area contributed by atoms with E-state index in [1.807, 2.05) is 39.0 Å². The Balaban J connectivity index is 1.94. The first-order valence-electron chi connectivity index (χ1n) is 9.54. The van der Waals surface area contributed by atoms with E-state index in [-0.39, 0.29) is 12.5 Å². The van der Waals surface area contributed by atoms with Gasteiger partial charge in [0.1, 0.15) is 5.75 Å². The normalized spacial score (nSPS) is 11.4. The number of hydrazone groups is 1. The summed E-state index contributed by atoms with van der Waals surface area (Å²) in [6.45, 7) is 11.6. The summed E-state index contributed by atoms with van der Waals surface area (Å²) in [6, 6.07) is 8.10. The average Bonchev–Trinajstić information content (AvgIpc) is 2.91. The summed E-state index contributed by atoms with van der Waals surface area (Å²) < 4.78 is 13.0. The largest absolute Gasteiger partial charge is 0.483 e. The lowest BCUT2D eigenvalue weighted by atomic mass is 10.0. The Morgan fingerprint density at radius 1 is 1.25 bits per heavy atom. The van der Waals surface area contributed by atoms with Crippen LogP contribution in [0.2, 0.25) is 0 Å². The van der Waals surface area contributed by atoms with Crippen LogP contribution in [-0.2, 0) is 16.1 Å². The molecule has 1 aromatic heterocycles. The highest BCUT2D eigenvalue weighted by Crippen LogP contribution is 2.27. The fourth-order valence-corrected chi connectivity index (χ4v) is 3.08. The lowest BCUT2D eigenvalue weighted by Crippen LogP contribution is -2.25. The summed E-state index contributed by atoms with van der Waals surface area (Å²) in [5.41, 5.74) is 7.91. The van der Waals surface area contributed by atoms with Crippen molar-refractivity contribution in [2.24, 2.45) is 5.10 Å². The van der Waals surface area contributed by atoms with Crippen molar-refractivity contribution < 1.29 is 14.3 Å². The molecule has 152 valence electrons. The first-order valence-corrected chi connectivity index (χ1v) is 9.54. The van der Waals surface area contributed by atoms with Crippen LogP contribution >= 0.6 is 0 Å². The maximum Gasteiger partial charge on any atom is 0.277 e. The van der Waals surface area contributed by atoms with Gasteiger partial charge in [-0.25, -0.2) is 5.43 Å². The zero-order valence-electron chi connectivity index (χ0n) is 17.7. The molecule has 6 heteroatoms. The minimum Gasteiger partial charge on any atom is -0.483 e. The van der Waals surface area contributed by atoms with Gasteiger partial charge in [-0.15, -0.1) is 0 Å². The van der Waals surface area contributed by atoms with E-state index in [4.69, 9.17) is 9.47 Å². The molecule has 2 rings (SSSR count). The van der Waals surface area contributed by atoms with Gasteiger partial charge in [0.15, 0.2) is 6.61 Å². The maximum atomic E-state index is 12.1. The third-order valence-corrected chi connectivity index (χ3v) is 4.67. The molecule has 0 aliphatic heterocycles. The Morgan fingerprint density at radius 2 is 2.00 bits per heavy atom. The molecular formula is C22H31N3O3. The molecule has 0 spiro atoms. The summed E-state index contributed by atoms with van der Waals surface area (Å²) in [5, 5.41) is 4.08. The van der Waals surface area contributed by atoms with E-state index in [1.165, 1.54) is 0 Å². The fourth-order valence-electron chi connectivity index (χ4n) is 3.08. The lowest BCUT2D eigenvalue weighted by Gasteiger charge is -2.14. The Kier molecular flexibility index (Phi) is 7.81. The molecule has 0 atom stereocenters. The van der Waals surface area contributed by atoms with Gasteiger partial charge in [-0.1, -0.05) is 26.0 Å². The molecule has 1 amide bonds. The topological polar surface area (TPSA) is 64.8 Å². The predicted molar refractivity (Wildman–Crippen MR) is 112 cm³/mol. The summed E-state index contributed by atoms with van der Waals surface area (Å²) in [6.07, 6.45) is 1.66. The number of carbonyl (C=O) groups is 1. The van der Waals surface area contributed by atoms with Crippen molar-refractivity contribution >= 4 is 12.1 Å². The highest BCUT2D eigenvalue weighted by Gasteiger charge is 2.10. The van der Waals surface area contributed by atoms with Gasteiger partial charge in [0.25, 0.3) is 5.91 Å². The number of benzene rings is 1. The minimum atomic E-state index is -0.291. The second-order valence-corrected chi connectivity index (χ2v) is 7.25. The van der Waals surface area contributed by atoms with Crippen LogP contribution in [0.1, 0.15) is 47.8 Å². The van der Waals surface area contributed by atoms with Crippen molar-refractivity contribution in [3.8, 4) is 5.75 Å². The number of ether oxygens (including phenoxy) is 2. The molecule has 1 heterocycles. The van der Waals surface area contributed by atoms with Gasteiger partial charge in [0.2, 0.25) is 0 Å². The number of rotatable bonds is 9. The van der Waals surface area contributed by atoms with E-state index in [0.717, 1.165) is 40.4 Å². The quantitative estimate of drug-likeness (QED) is 0.529. The number of carbonyl (C=O) groups excluding carboxylic acids is 1. The average molecular weight is 386 g/mol. The molecule has 0 unspecified atom stereocenters. The third kappa shape index (κ3) is 5.70. The van der Waals surface area contributed by atoms with E-state index in [0.29, 0.717) is 12.5 Å². The molecule has 0 aliphatic carbocycles. The SMILES string of the molecule is COCCn1c(C)cc(/C=N/NC(=O)COc2cc(C)ccc2C(C)C)c1C. The van der Waals surface area contributed by atoms with E-state index >= 15 is 0 Å². The highest BCUT2D eigenvalue weighted by molar-refractivity contribution is 5.84. The van der Waals surface area contributed by atoms with E-state index in [9.17, 15) is 4.79 Å². The Bertz CT molecular complexity index is 838. The Labute approximate surface area is 167 Å². The van der Waals surface area contributed by atoms with Crippen LogP contribution in [0.5, 0.6) is 5.75 Å². The van der Waals surface area contributed by atoms with E-state index < -0.39 is 0 Å². The van der Waals surface area contributed by atoms with Crippen molar-refractivity contribution in [2.45, 2.75) is 47.1 Å². The number of nitrogens with zero attached hydrogens (tertiary/aromatic N) is 2. The smallest absolute Gasteiger partial charge is 0.277 e. The van der Waals surface area contributed by atoms with Crippen molar-refractivity contribution in [3.63, 3.8) is 0 Å². The summed E-state index contributed by atoms with van der Waals surface area (Å²) in [4.78, 5) is 12.1. The zero-order chi connectivity index (χ0) is 20.7. The van der Waals surface area contributed by atoms with Crippen molar-refractivity contribution in [1.82, 2.24) is 9.99 Å². The van der Waals surface area contributed by atoms with E-state index in [2.05, 4.69) is 35.0 Å². The van der Waals surface area contributed by atoms with Crippen LogP contribution in [0.25, 0.3) is 0 Å². The van der Waals surface area contributed by atoms with Gasteiger partial charge >= 0.3 is 0 Å². The van der Waals surface area contributed by atoms with Gasteiger partial charge in [-0.2, -0.15) is 5.10 Å². The second-order valence-electron chi connectivity index (χ2n) is 7.25. The minimum absolute atomic E-state index is 0.0760. The number of hydrogen-bond acceptors (Lipinski definition) is 4. The van der Waals surface area contributed by atoms with Crippen LogP contribution in [0.4, 0.5) is 0 Å². The van der Waals surface area contributed by atoms with Gasteiger partial charge in [-0.3, -0.25) is 4.79 Å². The second kappa shape index (κ2) is 10.1. The number of aromatic nitrogens is 1. The molecule has 0 radical (unpaired) electrons. The maximum absolute atomic E-state index is 12.1. The fraction of sp³-hybridized carbons (Fsp3) is 0.455. The molecule has 1 aromatic carbocycles. The number of aryl methyl sites for hydroxylation is 2. The van der Waals surface area contributed by atoms with Crippen LogP contribution in [-0.4, -0.2) is 37.0 Å². The predicted octanol–water partition coefficient (Wildman–Crippen LogP) is 3.71. The monoisotopic (exact) mass is 385 g/mol. The molecule has 2 aromatic rings. The van der Waals surface area contributed by atoms with Crippen LogP contribution < -0.4 is 10.2 Å². The van der Waals surface area contributed by atoms with Gasteiger partial charge in [0.05, 0.1) is 12.8 Å². The van der Waals surface area contributed by atoms with Gasteiger partial charge in [-0.05, 0) is 49.9 Å². The molecule has 28 heavy (non-hydrogen) atoms. The summed E-state index contributed by atoms with van der Waals surface area (Å²) in [5.74, 6) is 0.779. The zero-order valence-corrected chi connectivity index (χ0v) is 17.7. The number of hydrogen-bond donors (Lipinski definition) is 1. The lowest BCUT2D eigenvalue weighted by molar-refractivity contribution is -0.123. The highest BCUT2D eigenvalue weighted by atomic mass is 16.5. The van der Waals surface area contributed by atoms with Crippen molar-refractivity contribution in [2.75, 3.05) is 20.3 Å². The number of nitrogens with one attached hydrogen (secondary N) is 1. The first-order chi connectivity index (χ1) is 13.3. The van der Waals surface area contributed by atoms with Gasteiger partial charge in [0, 0.05) is 30.6 Å². The molecule has 0 bridgehead atoms. The third-order valence-electron chi connectivity index (χ3n) is 4.67. The standard InChI is InChI=1S/C22H31N3O3/c1-15(2)20-8-7-16(3)11-21(20)28-14-22(26)24-23-13-19-12-17(4)25(18(19)5)9-10-27-6/h7-8,11-13,15H,9-10,14H2,1-6H3,(H,24,26)/b23-13+.